The topological polar surface area (TPSA) is 12.0 Å². The minimum Gasteiger partial charge on any atom is -0.314 e. The lowest BCUT2D eigenvalue weighted by Gasteiger charge is -2.31. The van der Waals surface area contributed by atoms with E-state index in [2.05, 4.69) is 19.2 Å². The molecule has 106 valence electrons. The van der Waals surface area contributed by atoms with E-state index >= 15 is 0 Å². The molecule has 1 aromatic carbocycles. The molecular formula is C16H23F2N. The molecule has 0 amide bonds. The molecule has 1 aliphatic rings. The summed E-state index contributed by atoms with van der Waals surface area (Å²) in [5.74, 6) is -1.40. The van der Waals surface area contributed by atoms with Crippen LogP contribution in [0.3, 0.4) is 0 Å². The van der Waals surface area contributed by atoms with E-state index in [1.165, 1.54) is 18.9 Å². The molecule has 1 nitrogen and oxygen atoms in total. The number of hydrogen-bond acceptors (Lipinski definition) is 1. The molecular weight excluding hydrogens is 244 g/mol. The van der Waals surface area contributed by atoms with E-state index in [0.29, 0.717) is 18.0 Å². The zero-order valence-corrected chi connectivity index (χ0v) is 11.8. The van der Waals surface area contributed by atoms with Crippen LogP contribution in [0.25, 0.3) is 0 Å². The smallest absolute Gasteiger partial charge is 0.162 e. The molecule has 0 spiro atoms. The standard InChI is InChI=1S/C16H23F2N/c1-12(2)19-11-16(8-3-4-9-16)10-13-6-5-7-14(17)15(13)18/h5-7,12,19H,3-4,8-11H2,1-2H3. The molecule has 0 atom stereocenters. The van der Waals surface area contributed by atoms with E-state index in [1.807, 2.05) is 0 Å². The van der Waals surface area contributed by atoms with E-state index in [1.54, 1.807) is 12.1 Å². The van der Waals surface area contributed by atoms with Crippen LogP contribution in [-0.4, -0.2) is 12.6 Å². The molecule has 3 heteroatoms. The Morgan fingerprint density at radius 2 is 1.89 bits per heavy atom. The van der Waals surface area contributed by atoms with Gasteiger partial charge in [-0.25, -0.2) is 8.78 Å². The quantitative estimate of drug-likeness (QED) is 0.848. The molecule has 2 rings (SSSR count). The lowest BCUT2D eigenvalue weighted by atomic mass is 9.79. The Balaban J connectivity index is 2.14. The maximum absolute atomic E-state index is 13.8. The highest BCUT2D eigenvalue weighted by atomic mass is 19.2. The van der Waals surface area contributed by atoms with Crippen molar-refractivity contribution in [2.45, 2.75) is 52.0 Å². The molecule has 19 heavy (non-hydrogen) atoms. The van der Waals surface area contributed by atoms with E-state index in [4.69, 9.17) is 0 Å². The van der Waals surface area contributed by atoms with Gasteiger partial charge in [0.1, 0.15) is 0 Å². The Labute approximate surface area is 114 Å². The van der Waals surface area contributed by atoms with Crippen LogP contribution in [-0.2, 0) is 6.42 Å². The summed E-state index contributed by atoms with van der Waals surface area (Å²) in [7, 11) is 0. The summed E-state index contributed by atoms with van der Waals surface area (Å²) in [5, 5.41) is 3.47. The van der Waals surface area contributed by atoms with E-state index < -0.39 is 11.6 Å². The first kappa shape index (κ1) is 14.4. The van der Waals surface area contributed by atoms with Crippen molar-refractivity contribution in [3.05, 3.63) is 35.4 Å². The highest BCUT2D eigenvalue weighted by molar-refractivity contribution is 5.21. The van der Waals surface area contributed by atoms with Crippen LogP contribution in [0.5, 0.6) is 0 Å². The highest BCUT2D eigenvalue weighted by Gasteiger charge is 2.34. The zero-order valence-electron chi connectivity index (χ0n) is 11.8. The van der Waals surface area contributed by atoms with Gasteiger partial charge in [0.15, 0.2) is 11.6 Å². The minimum absolute atomic E-state index is 0.0961. The van der Waals surface area contributed by atoms with Gasteiger partial charge in [-0.05, 0) is 36.3 Å². The van der Waals surface area contributed by atoms with Gasteiger partial charge in [-0.15, -0.1) is 0 Å². The van der Waals surface area contributed by atoms with E-state index in [0.717, 1.165) is 19.4 Å². The molecule has 0 aromatic heterocycles. The summed E-state index contributed by atoms with van der Waals surface area (Å²) in [6, 6.07) is 4.93. The fraction of sp³-hybridized carbons (Fsp3) is 0.625. The van der Waals surface area contributed by atoms with Crippen LogP contribution in [0.2, 0.25) is 0 Å². The Bertz CT molecular complexity index is 423. The second kappa shape index (κ2) is 6.00. The molecule has 0 radical (unpaired) electrons. The van der Waals surface area contributed by atoms with Crippen LogP contribution in [0.15, 0.2) is 18.2 Å². The predicted octanol–water partition coefficient (Wildman–Crippen LogP) is 4.07. The van der Waals surface area contributed by atoms with Crippen LogP contribution in [0, 0.1) is 17.0 Å². The van der Waals surface area contributed by atoms with Crippen molar-refractivity contribution in [3.8, 4) is 0 Å². The molecule has 0 heterocycles. The van der Waals surface area contributed by atoms with Crippen molar-refractivity contribution in [2.75, 3.05) is 6.54 Å². The van der Waals surface area contributed by atoms with Crippen LogP contribution < -0.4 is 5.32 Å². The third kappa shape index (κ3) is 3.53. The average molecular weight is 267 g/mol. The number of nitrogens with one attached hydrogen (secondary N) is 1. The summed E-state index contributed by atoms with van der Waals surface area (Å²) in [4.78, 5) is 0. The second-order valence-electron chi connectivity index (χ2n) is 6.13. The fourth-order valence-corrected chi connectivity index (χ4v) is 3.05. The van der Waals surface area contributed by atoms with E-state index in [-0.39, 0.29) is 5.41 Å². The van der Waals surface area contributed by atoms with Gasteiger partial charge < -0.3 is 5.32 Å². The summed E-state index contributed by atoms with van der Waals surface area (Å²) < 4.78 is 27.1. The third-order valence-electron chi connectivity index (χ3n) is 4.15. The largest absolute Gasteiger partial charge is 0.314 e. The first-order chi connectivity index (χ1) is 9.02. The van der Waals surface area contributed by atoms with Crippen LogP contribution in [0.1, 0.15) is 45.1 Å². The van der Waals surface area contributed by atoms with Crippen molar-refractivity contribution in [3.63, 3.8) is 0 Å². The first-order valence-electron chi connectivity index (χ1n) is 7.19. The van der Waals surface area contributed by atoms with Gasteiger partial charge in [-0.3, -0.25) is 0 Å². The number of halogens is 2. The van der Waals surface area contributed by atoms with Gasteiger partial charge in [0, 0.05) is 12.6 Å². The fourth-order valence-electron chi connectivity index (χ4n) is 3.05. The molecule has 0 aliphatic heterocycles. The van der Waals surface area contributed by atoms with Gasteiger partial charge in [0.25, 0.3) is 0 Å². The van der Waals surface area contributed by atoms with E-state index in [9.17, 15) is 8.78 Å². The Hall–Kier alpha value is -0.960. The SMILES string of the molecule is CC(C)NCC1(Cc2cccc(F)c2F)CCCC1. The van der Waals surface area contributed by atoms with Gasteiger partial charge in [-0.1, -0.05) is 38.8 Å². The Kier molecular flexibility index (Phi) is 4.56. The predicted molar refractivity (Wildman–Crippen MR) is 74.1 cm³/mol. The Morgan fingerprint density at radius 3 is 2.53 bits per heavy atom. The molecule has 0 bridgehead atoms. The summed E-state index contributed by atoms with van der Waals surface area (Å²) in [6.07, 6.45) is 5.22. The van der Waals surface area contributed by atoms with Gasteiger partial charge in [-0.2, -0.15) is 0 Å². The molecule has 1 N–H and O–H groups in total. The van der Waals surface area contributed by atoms with Crippen molar-refractivity contribution in [1.82, 2.24) is 5.32 Å². The lowest BCUT2D eigenvalue weighted by Crippen LogP contribution is -2.37. The third-order valence-corrected chi connectivity index (χ3v) is 4.15. The van der Waals surface area contributed by atoms with Gasteiger partial charge in [0.05, 0.1) is 0 Å². The Morgan fingerprint density at radius 1 is 1.21 bits per heavy atom. The maximum atomic E-state index is 13.8. The number of rotatable bonds is 5. The minimum atomic E-state index is -0.734. The molecule has 0 saturated heterocycles. The second-order valence-corrected chi connectivity index (χ2v) is 6.13. The number of hydrogen-bond donors (Lipinski definition) is 1. The maximum Gasteiger partial charge on any atom is 0.162 e. The van der Waals surface area contributed by atoms with Crippen molar-refractivity contribution in [2.24, 2.45) is 5.41 Å². The van der Waals surface area contributed by atoms with Crippen molar-refractivity contribution < 1.29 is 8.78 Å². The van der Waals surface area contributed by atoms with Crippen molar-refractivity contribution in [1.29, 1.82) is 0 Å². The summed E-state index contributed by atoms with van der Waals surface area (Å²) >= 11 is 0. The van der Waals surface area contributed by atoms with Crippen LogP contribution in [0.4, 0.5) is 8.78 Å². The monoisotopic (exact) mass is 267 g/mol. The molecule has 1 aliphatic carbocycles. The molecule has 0 unspecified atom stereocenters. The average Bonchev–Trinajstić information content (AvgIpc) is 2.82. The molecule has 1 saturated carbocycles. The van der Waals surface area contributed by atoms with Crippen molar-refractivity contribution >= 4 is 0 Å². The molecule has 1 aromatic rings. The number of benzene rings is 1. The first-order valence-corrected chi connectivity index (χ1v) is 7.19. The molecule has 1 fully saturated rings. The lowest BCUT2D eigenvalue weighted by molar-refractivity contribution is 0.265. The van der Waals surface area contributed by atoms with Gasteiger partial charge in [0.2, 0.25) is 0 Å². The highest BCUT2D eigenvalue weighted by Crippen LogP contribution is 2.41. The van der Waals surface area contributed by atoms with Crippen LogP contribution >= 0.6 is 0 Å². The zero-order chi connectivity index (χ0) is 13.9. The summed E-state index contributed by atoms with van der Waals surface area (Å²) in [5.41, 5.74) is 0.617. The summed E-state index contributed by atoms with van der Waals surface area (Å²) in [6.45, 7) is 5.12. The normalized spacial score (nSPS) is 18.2. The van der Waals surface area contributed by atoms with Gasteiger partial charge >= 0.3 is 0 Å².